The van der Waals surface area contributed by atoms with Crippen LogP contribution < -0.4 is 4.57 Å². The number of aryl methyl sites for hydroxylation is 3. The SMILES string of the molecule is [2H]C([2H])([2H])c1cc(-c2c(C)ccc3c2oc2cccc([N+]#[C-])c23)[n+](C)cc1F. The molecule has 0 aliphatic heterocycles. The van der Waals surface area contributed by atoms with Crippen molar-refractivity contribution in [3.8, 4) is 11.3 Å². The Morgan fingerprint density at radius 1 is 1.24 bits per heavy atom. The van der Waals surface area contributed by atoms with Gasteiger partial charge in [0.15, 0.2) is 11.5 Å². The second kappa shape index (κ2) is 5.42. The monoisotopic (exact) mass is 334 g/mol. The molecule has 0 aliphatic carbocycles. The number of fused-ring (bicyclic) bond motifs is 3. The fourth-order valence-electron chi connectivity index (χ4n) is 3.25. The highest BCUT2D eigenvalue weighted by molar-refractivity contribution is 6.14. The van der Waals surface area contributed by atoms with Gasteiger partial charge >= 0.3 is 0 Å². The molecule has 2 aromatic carbocycles. The summed E-state index contributed by atoms with van der Waals surface area (Å²) in [6.07, 6.45) is 1.17. The first-order valence-corrected chi connectivity index (χ1v) is 7.74. The molecule has 25 heavy (non-hydrogen) atoms. The van der Waals surface area contributed by atoms with Crippen molar-refractivity contribution in [3.63, 3.8) is 0 Å². The molecule has 0 atom stereocenters. The lowest BCUT2D eigenvalue weighted by molar-refractivity contribution is -0.662. The van der Waals surface area contributed by atoms with Crippen molar-refractivity contribution in [2.45, 2.75) is 13.8 Å². The first kappa shape index (κ1) is 12.2. The van der Waals surface area contributed by atoms with Gasteiger partial charge in [-0.1, -0.05) is 24.3 Å². The van der Waals surface area contributed by atoms with Crippen molar-refractivity contribution in [3.05, 3.63) is 71.0 Å². The molecule has 0 amide bonds. The number of hydrogen-bond acceptors (Lipinski definition) is 1. The van der Waals surface area contributed by atoms with E-state index in [2.05, 4.69) is 4.85 Å². The summed E-state index contributed by atoms with van der Waals surface area (Å²) < 4.78 is 44.8. The van der Waals surface area contributed by atoms with Crippen molar-refractivity contribution in [2.24, 2.45) is 7.05 Å². The molecular formula is C21H16FN2O+. The Balaban J connectivity index is 2.14. The van der Waals surface area contributed by atoms with Gasteiger partial charge in [0, 0.05) is 21.0 Å². The van der Waals surface area contributed by atoms with Crippen LogP contribution in [0.2, 0.25) is 0 Å². The second-order valence-corrected chi connectivity index (χ2v) is 6.03. The fourth-order valence-corrected chi connectivity index (χ4v) is 3.25. The van der Waals surface area contributed by atoms with Gasteiger partial charge in [-0.3, -0.25) is 0 Å². The maximum absolute atomic E-state index is 14.3. The summed E-state index contributed by atoms with van der Waals surface area (Å²) in [6, 6.07) is 10.4. The van der Waals surface area contributed by atoms with Gasteiger partial charge in [-0.15, -0.1) is 0 Å². The van der Waals surface area contributed by atoms with Crippen molar-refractivity contribution in [1.82, 2.24) is 0 Å². The second-order valence-electron chi connectivity index (χ2n) is 6.03. The lowest BCUT2D eigenvalue weighted by Gasteiger charge is -2.07. The summed E-state index contributed by atoms with van der Waals surface area (Å²) in [5, 5.41) is 1.48. The Labute approximate surface area is 149 Å². The Kier molecular flexibility index (Phi) is 2.65. The highest BCUT2D eigenvalue weighted by Gasteiger charge is 2.22. The minimum absolute atomic E-state index is 0.338. The van der Waals surface area contributed by atoms with E-state index in [0.29, 0.717) is 28.1 Å². The average Bonchev–Trinajstić information content (AvgIpc) is 3.00. The summed E-state index contributed by atoms with van der Waals surface area (Å²) in [5.41, 5.74) is 3.33. The van der Waals surface area contributed by atoms with Gasteiger partial charge in [0.05, 0.1) is 12.1 Å². The maximum atomic E-state index is 14.3. The van der Waals surface area contributed by atoms with Crippen LogP contribution in [-0.2, 0) is 7.05 Å². The standard InChI is InChI=1S/C21H16FN2O/c1-12-8-9-14-20-16(23-3)6-5-7-18(20)25-21(14)19(12)17-10-13(2)15(22)11-24(17)4/h5-11H,1-2,4H3/q+1/i2D3. The smallest absolute Gasteiger partial charge is 0.216 e. The number of benzene rings is 2. The third kappa shape index (κ3) is 2.20. The molecule has 122 valence electrons. The summed E-state index contributed by atoms with van der Waals surface area (Å²) in [6.45, 7) is 6.74. The number of rotatable bonds is 1. The molecule has 3 nitrogen and oxygen atoms in total. The number of hydrogen-bond donors (Lipinski definition) is 0. The zero-order valence-corrected chi connectivity index (χ0v) is 13.7. The predicted molar refractivity (Wildman–Crippen MR) is 96.0 cm³/mol. The van der Waals surface area contributed by atoms with Crippen molar-refractivity contribution in [2.75, 3.05) is 0 Å². The minimum Gasteiger partial charge on any atom is -0.457 e. The van der Waals surface area contributed by atoms with E-state index < -0.39 is 12.7 Å². The number of aromatic nitrogens is 1. The van der Waals surface area contributed by atoms with E-state index in [0.717, 1.165) is 16.3 Å². The maximum Gasteiger partial charge on any atom is 0.216 e. The number of nitrogens with zero attached hydrogens (tertiary/aromatic N) is 2. The normalized spacial score (nSPS) is 13.4. The Hall–Kier alpha value is -3.19. The highest BCUT2D eigenvalue weighted by atomic mass is 19.1. The molecule has 2 aromatic heterocycles. The summed E-state index contributed by atoms with van der Waals surface area (Å²) in [7, 11) is 1.66. The molecule has 4 aromatic rings. The molecule has 0 saturated heterocycles. The van der Waals surface area contributed by atoms with Crippen LogP contribution in [0.4, 0.5) is 10.1 Å². The fraction of sp³-hybridized carbons (Fsp3) is 0.143. The molecule has 0 bridgehead atoms. The highest BCUT2D eigenvalue weighted by Crippen LogP contribution is 2.40. The average molecular weight is 334 g/mol. The molecular weight excluding hydrogens is 315 g/mol. The van der Waals surface area contributed by atoms with Crippen LogP contribution in [-0.4, -0.2) is 0 Å². The topological polar surface area (TPSA) is 21.4 Å². The molecule has 4 heteroatoms. The molecule has 0 spiro atoms. The quantitative estimate of drug-likeness (QED) is 0.338. The first-order valence-electron chi connectivity index (χ1n) is 9.24. The van der Waals surface area contributed by atoms with Crippen molar-refractivity contribution >= 4 is 27.6 Å². The lowest BCUT2D eigenvalue weighted by Crippen LogP contribution is -2.31. The van der Waals surface area contributed by atoms with Gasteiger partial charge in [-0.05, 0) is 31.0 Å². The number of pyridine rings is 1. The van der Waals surface area contributed by atoms with E-state index in [1.165, 1.54) is 12.3 Å². The zero-order valence-electron chi connectivity index (χ0n) is 16.7. The third-order valence-corrected chi connectivity index (χ3v) is 4.45. The van der Waals surface area contributed by atoms with Gasteiger partial charge in [0.2, 0.25) is 11.9 Å². The Morgan fingerprint density at radius 2 is 2.08 bits per heavy atom. The van der Waals surface area contributed by atoms with Gasteiger partial charge in [-0.25, -0.2) is 9.24 Å². The van der Waals surface area contributed by atoms with Crippen LogP contribution in [0.3, 0.4) is 0 Å². The van der Waals surface area contributed by atoms with E-state index in [1.807, 2.05) is 19.1 Å². The minimum atomic E-state index is -2.57. The van der Waals surface area contributed by atoms with Gasteiger partial charge in [-0.2, -0.15) is 4.57 Å². The summed E-state index contributed by atoms with van der Waals surface area (Å²) in [4.78, 5) is 3.58. The molecule has 0 N–H and O–H groups in total. The zero-order chi connectivity index (χ0) is 20.2. The number of halogens is 1. The lowest BCUT2D eigenvalue weighted by atomic mass is 9.99. The Bertz CT molecular complexity index is 1300. The first-order chi connectivity index (χ1) is 13.2. The van der Waals surface area contributed by atoms with E-state index in [4.69, 9.17) is 15.1 Å². The molecule has 0 saturated carbocycles. The van der Waals surface area contributed by atoms with E-state index >= 15 is 0 Å². The molecule has 0 radical (unpaired) electrons. The van der Waals surface area contributed by atoms with Crippen LogP contribution in [0.25, 0.3) is 38.0 Å². The number of furan rings is 1. The molecule has 4 rings (SSSR count). The molecule has 0 fully saturated rings. The van der Waals surface area contributed by atoms with E-state index in [9.17, 15) is 4.39 Å². The van der Waals surface area contributed by atoms with Crippen LogP contribution in [0.1, 0.15) is 15.2 Å². The summed E-state index contributed by atoms with van der Waals surface area (Å²) >= 11 is 0. The van der Waals surface area contributed by atoms with Crippen molar-refractivity contribution in [1.29, 1.82) is 0 Å². The predicted octanol–water partition coefficient (Wildman–Crippen LogP) is 5.38. The van der Waals surface area contributed by atoms with Crippen LogP contribution in [0.5, 0.6) is 0 Å². The van der Waals surface area contributed by atoms with Gasteiger partial charge in [0.25, 0.3) is 0 Å². The summed E-state index contributed by atoms with van der Waals surface area (Å²) in [5.74, 6) is -0.782. The largest absolute Gasteiger partial charge is 0.457 e. The van der Waals surface area contributed by atoms with Crippen LogP contribution >= 0.6 is 0 Å². The van der Waals surface area contributed by atoms with Gasteiger partial charge < -0.3 is 4.42 Å². The van der Waals surface area contributed by atoms with E-state index in [1.54, 1.807) is 29.8 Å². The van der Waals surface area contributed by atoms with Crippen molar-refractivity contribution < 1.29 is 17.5 Å². The van der Waals surface area contributed by atoms with Crippen LogP contribution in [0, 0.1) is 26.2 Å². The molecule has 2 heterocycles. The van der Waals surface area contributed by atoms with E-state index in [-0.39, 0.29) is 5.56 Å². The third-order valence-electron chi connectivity index (χ3n) is 4.45. The van der Waals surface area contributed by atoms with Crippen LogP contribution in [0.15, 0.2) is 47.0 Å². The Morgan fingerprint density at radius 3 is 2.84 bits per heavy atom. The van der Waals surface area contributed by atoms with Gasteiger partial charge in [0.1, 0.15) is 18.2 Å². The molecule has 0 aliphatic rings. The molecule has 0 unspecified atom stereocenters.